The molecule has 0 radical (unpaired) electrons. The average Bonchev–Trinajstić information content (AvgIpc) is 3.36. The van der Waals surface area contributed by atoms with Crippen molar-refractivity contribution in [1.82, 2.24) is 25.2 Å². The molecule has 154 valence electrons. The molecule has 2 heterocycles. The van der Waals surface area contributed by atoms with Crippen molar-refractivity contribution >= 4 is 17.3 Å². The summed E-state index contributed by atoms with van der Waals surface area (Å²) < 4.78 is 39.8. The molecule has 2 N–H and O–H groups in total. The third kappa shape index (κ3) is 6.31. The summed E-state index contributed by atoms with van der Waals surface area (Å²) in [6, 6.07) is 8.18. The summed E-state index contributed by atoms with van der Waals surface area (Å²) in [4.78, 5) is 11.8. The third-order valence-corrected chi connectivity index (χ3v) is 4.98. The van der Waals surface area contributed by atoms with Crippen LogP contribution in [0, 0.1) is 0 Å². The fourth-order valence-corrected chi connectivity index (χ4v) is 3.48. The zero-order valence-corrected chi connectivity index (χ0v) is 16.6. The molecule has 2 aromatic heterocycles. The molecule has 0 atom stereocenters. The molecule has 6 nitrogen and oxygen atoms in total. The Kier molecular flexibility index (Phi) is 6.86. The lowest BCUT2D eigenvalue weighted by molar-refractivity contribution is -0.140. The second kappa shape index (κ2) is 9.55. The minimum absolute atomic E-state index is 0.391. The summed E-state index contributed by atoms with van der Waals surface area (Å²) in [5.41, 5.74) is 1.42. The first-order valence-corrected chi connectivity index (χ1v) is 9.81. The van der Waals surface area contributed by atoms with Crippen LogP contribution in [0.5, 0.6) is 0 Å². The molecule has 0 fully saturated rings. The highest BCUT2D eigenvalue weighted by Gasteiger charge is 2.33. The van der Waals surface area contributed by atoms with Crippen LogP contribution in [0.15, 0.2) is 53.4 Å². The molecular weight excluding hydrogens is 401 g/mol. The van der Waals surface area contributed by atoms with Gasteiger partial charge in [-0.15, -0.1) is 11.3 Å². The molecule has 3 rings (SSSR count). The van der Waals surface area contributed by atoms with Gasteiger partial charge in [-0.2, -0.15) is 13.2 Å². The van der Waals surface area contributed by atoms with E-state index in [0.717, 1.165) is 34.4 Å². The molecule has 0 aliphatic carbocycles. The van der Waals surface area contributed by atoms with E-state index in [9.17, 15) is 13.2 Å². The molecule has 0 saturated carbocycles. The summed E-state index contributed by atoms with van der Waals surface area (Å²) in [6.07, 6.45) is 1.43. The zero-order chi connectivity index (χ0) is 20.7. The van der Waals surface area contributed by atoms with E-state index in [0.29, 0.717) is 30.5 Å². The number of imidazole rings is 1. The van der Waals surface area contributed by atoms with Gasteiger partial charge in [0.15, 0.2) is 11.7 Å². The Morgan fingerprint density at radius 3 is 2.76 bits per heavy atom. The molecule has 3 aromatic rings. The monoisotopic (exact) mass is 422 g/mol. The van der Waals surface area contributed by atoms with Crippen LogP contribution in [0.2, 0.25) is 0 Å². The Hall–Kier alpha value is -2.88. The zero-order valence-electron chi connectivity index (χ0n) is 15.8. The fourth-order valence-electron chi connectivity index (χ4n) is 2.68. The van der Waals surface area contributed by atoms with Gasteiger partial charge in [0.05, 0.1) is 11.3 Å². The maximum atomic E-state index is 12.6. The molecule has 0 bridgehead atoms. The van der Waals surface area contributed by atoms with Crippen molar-refractivity contribution in [2.24, 2.45) is 4.99 Å². The van der Waals surface area contributed by atoms with Crippen molar-refractivity contribution in [2.45, 2.75) is 25.7 Å². The van der Waals surface area contributed by atoms with Gasteiger partial charge in [0, 0.05) is 50.9 Å². The average molecular weight is 422 g/mol. The number of aromatic nitrogens is 3. The van der Waals surface area contributed by atoms with Gasteiger partial charge in [-0.25, -0.2) is 9.97 Å². The molecule has 0 aliphatic heterocycles. The van der Waals surface area contributed by atoms with E-state index in [4.69, 9.17) is 0 Å². The van der Waals surface area contributed by atoms with E-state index in [-0.39, 0.29) is 0 Å². The summed E-state index contributed by atoms with van der Waals surface area (Å²) in [5.74, 6) is 0.581. The van der Waals surface area contributed by atoms with Gasteiger partial charge in [-0.1, -0.05) is 24.3 Å². The quantitative estimate of drug-likeness (QED) is 0.453. The predicted molar refractivity (Wildman–Crippen MR) is 107 cm³/mol. The van der Waals surface area contributed by atoms with E-state index in [1.165, 1.54) is 0 Å². The van der Waals surface area contributed by atoms with Gasteiger partial charge in [-0.05, 0) is 11.1 Å². The number of alkyl halides is 3. The van der Waals surface area contributed by atoms with Crippen LogP contribution >= 0.6 is 11.3 Å². The second-order valence-corrected chi connectivity index (χ2v) is 7.22. The van der Waals surface area contributed by atoms with Crippen LogP contribution in [-0.2, 0) is 25.7 Å². The number of nitrogens with one attached hydrogen (secondary N) is 2. The molecule has 10 heteroatoms. The maximum Gasteiger partial charge on any atom is 0.434 e. The van der Waals surface area contributed by atoms with Gasteiger partial charge < -0.3 is 15.2 Å². The lowest BCUT2D eigenvalue weighted by atomic mass is 10.1. The second-order valence-electron chi connectivity index (χ2n) is 6.28. The number of hydrogen-bond donors (Lipinski definition) is 2. The number of guanidine groups is 1. The standard InChI is InChI=1S/C19H21F3N6S/c1-23-18(25-6-5-17-27-16(12-29-17)19(20,21)22)26-10-14-3-2-4-15(9-14)11-28-8-7-24-13-28/h2-4,7-9,12-13H,5-6,10-11H2,1H3,(H2,23,25,26). The van der Waals surface area contributed by atoms with Gasteiger partial charge in [0.25, 0.3) is 0 Å². The molecule has 29 heavy (non-hydrogen) atoms. The lowest BCUT2D eigenvalue weighted by Crippen LogP contribution is -2.37. The summed E-state index contributed by atoms with van der Waals surface area (Å²) in [7, 11) is 1.65. The maximum absolute atomic E-state index is 12.6. The Balaban J connectivity index is 1.46. The van der Waals surface area contributed by atoms with Crippen molar-refractivity contribution in [3.63, 3.8) is 0 Å². The van der Waals surface area contributed by atoms with Crippen LogP contribution in [-0.4, -0.2) is 34.1 Å². The molecule has 0 aliphatic rings. The highest BCUT2D eigenvalue weighted by molar-refractivity contribution is 7.09. The molecular formula is C19H21F3N6S. The first-order valence-electron chi connectivity index (χ1n) is 8.93. The van der Waals surface area contributed by atoms with Gasteiger partial charge in [-0.3, -0.25) is 4.99 Å². The summed E-state index contributed by atoms with van der Waals surface area (Å²) in [6.45, 7) is 1.76. The number of benzene rings is 1. The van der Waals surface area contributed by atoms with E-state index in [2.05, 4.69) is 37.7 Å². The molecule has 0 unspecified atom stereocenters. The molecule has 1 aromatic carbocycles. The summed E-state index contributed by atoms with van der Waals surface area (Å²) in [5, 5.41) is 7.79. The number of nitrogens with zero attached hydrogens (tertiary/aromatic N) is 4. The normalized spacial score (nSPS) is 12.2. The fraction of sp³-hybridized carbons (Fsp3) is 0.316. The van der Waals surface area contributed by atoms with Crippen molar-refractivity contribution in [3.8, 4) is 0 Å². The minimum Gasteiger partial charge on any atom is -0.356 e. The van der Waals surface area contributed by atoms with E-state index in [1.54, 1.807) is 19.6 Å². The minimum atomic E-state index is -4.40. The van der Waals surface area contributed by atoms with Crippen molar-refractivity contribution in [2.75, 3.05) is 13.6 Å². The first-order chi connectivity index (χ1) is 13.9. The number of rotatable bonds is 7. The van der Waals surface area contributed by atoms with Crippen LogP contribution in [0.25, 0.3) is 0 Å². The molecule has 0 saturated heterocycles. The van der Waals surface area contributed by atoms with Crippen molar-refractivity contribution in [1.29, 1.82) is 0 Å². The SMILES string of the molecule is CN=C(NCCc1nc(C(F)(F)F)cs1)NCc1cccc(Cn2ccnc2)c1. The van der Waals surface area contributed by atoms with Crippen molar-refractivity contribution in [3.05, 3.63) is 70.2 Å². The van der Waals surface area contributed by atoms with E-state index < -0.39 is 11.9 Å². The van der Waals surface area contributed by atoms with E-state index >= 15 is 0 Å². The lowest BCUT2D eigenvalue weighted by Gasteiger charge is -2.12. The Labute approximate surface area is 170 Å². The third-order valence-electron chi connectivity index (χ3n) is 4.07. The molecule has 0 spiro atoms. The van der Waals surface area contributed by atoms with E-state index in [1.807, 2.05) is 22.9 Å². The number of thiazole rings is 1. The Bertz CT molecular complexity index is 934. The first kappa shape index (κ1) is 20.8. The number of aliphatic imine (C=N–C) groups is 1. The number of hydrogen-bond acceptors (Lipinski definition) is 4. The topological polar surface area (TPSA) is 67.1 Å². The predicted octanol–water partition coefficient (Wildman–Crippen LogP) is 3.31. The van der Waals surface area contributed by atoms with Crippen LogP contribution in [0.3, 0.4) is 0 Å². The smallest absolute Gasteiger partial charge is 0.356 e. The Morgan fingerprint density at radius 1 is 1.24 bits per heavy atom. The summed E-state index contributed by atoms with van der Waals surface area (Å²) >= 11 is 1.01. The Morgan fingerprint density at radius 2 is 2.07 bits per heavy atom. The number of halogens is 3. The largest absolute Gasteiger partial charge is 0.434 e. The van der Waals surface area contributed by atoms with Crippen molar-refractivity contribution < 1.29 is 13.2 Å². The van der Waals surface area contributed by atoms with Crippen LogP contribution in [0.4, 0.5) is 13.2 Å². The van der Waals surface area contributed by atoms with Gasteiger partial charge >= 0.3 is 6.18 Å². The van der Waals surface area contributed by atoms with Gasteiger partial charge in [0.2, 0.25) is 0 Å². The highest BCUT2D eigenvalue weighted by Crippen LogP contribution is 2.29. The van der Waals surface area contributed by atoms with Crippen LogP contribution < -0.4 is 10.6 Å². The molecule has 0 amide bonds. The van der Waals surface area contributed by atoms with Crippen LogP contribution in [0.1, 0.15) is 21.8 Å². The highest BCUT2D eigenvalue weighted by atomic mass is 32.1. The van der Waals surface area contributed by atoms with Gasteiger partial charge in [0.1, 0.15) is 0 Å².